The van der Waals surface area contributed by atoms with Crippen molar-refractivity contribution in [3.05, 3.63) is 40.4 Å². The molecule has 1 fully saturated rings. The van der Waals surface area contributed by atoms with Crippen molar-refractivity contribution >= 4 is 10.9 Å². The van der Waals surface area contributed by atoms with E-state index in [2.05, 4.69) is 9.97 Å². The summed E-state index contributed by atoms with van der Waals surface area (Å²) >= 11 is 0. The summed E-state index contributed by atoms with van der Waals surface area (Å²) in [5.41, 5.74) is 0.404. The molecular weight excluding hydrogens is 344 g/mol. The lowest BCUT2D eigenvalue weighted by Gasteiger charge is -2.39. The minimum absolute atomic E-state index is 0.166. The predicted octanol–water partition coefficient (Wildman–Crippen LogP) is -1.33. The first kappa shape index (κ1) is 18.9. The highest BCUT2D eigenvalue weighted by Gasteiger charge is 2.43. The maximum Gasteiger partial charge on any atom is 0.258 e. The lowest BCUT2D eigenvalue weighted by molar-refractivity contribution is -0.301. The van der Waals surface area contributed by atoms with E-state index in [1.807, 2.05) is 0 Å². The van der Waals surface area contributed by atoms with Gasteiger partial charge in [-0.15, -0.1) is 0 Å². The minimum Gasteiger partial charge on any atom is -0.394 e. The van der Waals surface area contributed by atoms with Gasteiger partial charge in [-0.1, -0.05) is 12.1 Å². The van der Waals surface area contributed by atoms with Gasteiger partial charge >= 0.3 is 0 Å². The molecule has 1 aliphatic rings. The Bertz CT molecular complexity index is 794. The third-order valence-corrected chi connectivity index (χ3v) is 4.35. The van der Waals surface area contributed by atoms with Gasteiger partial charge in [0, 0.05) is 6.42 Å². The van der Waals surface area contributed by atoms with Crippen molar-refractivity contribution in [2.75, 3.05) is 13.2 Å². The number of aryl methyl sites for hydroxylation is 1. The van der Waals surface area contributed by atoms with Crippen LogP contribution in [0.15, 0.2) is 29.1 Å². The second kappa shape index (κ2) is 8.21. The first-order valence-corrected chi connectivity index (χ1v) is 8.41. The monoisotopic (exact) mass is 366 g/mol. The van der Waals surface area contributed by atoms with Crippen LogP contribution < -0.4 is 5.56 Å². The zero-order valence-corrected chi connectivity index (χ0v) is 14.0. The average molecular weight is 366 g/mol. The zero-order chi connectivity index (χ0) is 18.7. The number of fused-ring (bicyclic) bond motifs is 1. The molecule has 5 N–H and O–H groups in total. The Balaban J connectivity index is 1.55. The van der Waals surface area contributed by atoms with Crippen molar-refractivity contribution < 1.29 is 29.9 Å². The van der Waals surface area contributed by atoms with Gasteiger partial charge in [0.25, 0.3) is 5.56 Å². The molecule has 26 heavy (non-hydrogen) atoms. The quantitative estimate of drug-likeness (QED) is 0.396. The van der Waals surface area contributed by atoms with Crippen molar-refractivity contribution in [2.24, 2.45) is 0 Å². The Morgan fingerprint density at radius 1 is 1.15 bits per heavy atom. The molecule has 5 atom stereocenters. The van der Waals surface area contributed by atoms with Crippen molar-refractivity contribution in [1.82, 2.24) is 9.97 Å². The van der Waals surface area contributed by atoms with E-state index < -0.39 is 37.3 Å². The molecule has 1 aromatic heterocycles. The lowest BCUT2D eigenvalue weighted by atomic mass is 9.99. The second-order valence-corrected chi connectivity index (χ2v) is 6.20. The lowest BCUT2D eigenvalue weighted by Crippen LogP contribution is -2.59. The normalized spacial score (nSPS) is 29.2. The van der Waals surface area contributed by atoms with Gasteiger partial charge in [0.15, 0.2) is 6.29 Å². The van der Waals surface area contributed by atoms with Crippen LogP contribution in [0.3, 0.4) is 0 Å². The molecule has 0 aliphatic carbocycles. The molecule has 1 aromatic carbocycles. The van der Waals surface area contributed by atoms with E-state index >= 15 is 0 Å². The van der Waals surface area contributed by atoms with Crippen LogP contribution >= 0.6 is 0 Å². The average Bonchev–Trinajstić information content (AvgIpc) is 2.65. The van der Waals surface area contributed by atoms with Crippen LogP contribution in [-0.2, 0) is 15.9 Å². The van der Waals surface area contributed by atoms with E-state index in [-0.39, 0.29) is 12.2 Å². The number of nitrogens with one attached hydrogen (secondary N) is 1. The topological polar surface area (TPSA) is 145 Å². The molecule has 1 aliphatic heterocycles. The number of ether oxygens (including phenoxy) is 2. The molecule has 0 saturated carbocycles. The van der Waals surface area contributed by atoms with Gasteiger partial charge in [0.05, 0.1) is 24.1 Å². The Morgan fingerprint density at radius 2 is 1.92 bits per heavy atom. The molecule has 0 radical (unpaired) electrons. The fourth-order valence-electron chi connectivity index (χ4n) is 2.90. The first-order chi connectivity index (χ1) is 12.5. The fraction of sp³-hybridized carbons (Fsp3) is 0.529. The van der Waals surface area contributed by atoms with E-state index in [4.69, 9.17) is 14.6 Å². The highest BCUT2D eigenvalue weighted by atomic mass is 16.7. The van der Waals surface area contributed by atoms with Crippen LogP contribution in [0, 0.1) is 0 Å². The molecule has 9 nitrogen and oxygen atoms in total. The minimum atomic E-state index is -1.47. The summed E-state index contributed by atoms with van der Waals surface area (Å²) in [6.45, 7) is -0.341. The van der Waals surface area contributed by atoms with Crippen LogP contribution in [-0.4, -0.2) is 74.3 Å². The number of benzene rings is 1. The predicted molar refractivity (Wildman–Crippen MR) is 90.4 cm³/mol. The molecule has 0 spiro atoms. The van der Waals surface area contributed by atoms with E-state index in [1.54, 1.807) is 24.3 Å². The number of H-pyrrole nitrogens is 1. The van der Waals surface area contributed by atoms with Gasteiger partial charge in [0.1, 0.15) is 30.2 Å². The van der Waals surface area contributed by atoms with E-state index in [1.165, 1.54) is 0 Å². The number of hydrogen-bond acceptors (Lipinski definition) is 8. The van der Waals surface area contributed by atoms with Crippen LogP contribution in [0.5, 0.6) is 0 Å². The third-order valence-electron chi connectivity index (χ3n) is 4.35. The maximum atomic E-state index is 12.0. The summed E-state index contributed by atoms with van der Waals surface area (Å²) in [5, 5.41) is 39.0. The van der Waals surface area contributed by atoms with E-state index in [0.717, 1.165) is 0 Å². The SMILES string of the molecule is O=c1[nH]c(CCCO[C@@H]2O[C@H](CO)[C@@H](O)[C@H](O)[C@H]2O)nc2ccccc12. The number of nitrogens with zero attached hydrogens (tertiary/aromatic N) is 1. The van der Waals surface area contributed by atoms with Gasteiger partial charge < -0.3 is 34.9 Å². The van der Waals surface area contributed by atoms with E-state index in [9.17, 15) is 20.1 Å². The smallest absolute Gasteiger partial charge is 0.258 e. The molecule has 2 aromatic rings. The number of aliphatic hydroxyl groups excluding tert-OH is 4. The van der Waals surface area contributed by atoms with Crippen LogP contribution in [0.2, 0.25) is 0 Å². The molecular formula is C17H22N2O7. The number of aromatic nitrogens is 2. The molecule has 2 heterocycles. The number of para-hydroxylation sites is 1. The van der Waals surface area contributed by atoms with E-state index in [0.29, 0.717) is 29.6 Å². The van der Waals surface area contributed by atoms with Crippen LogP contribution in [0.4, 0.5) is 0 Å². The summed E-state index contributed by atoms with van der Waals surface area (Å²) in [4.78, 5) is 19.1. The molecule has 0 bridgehead atoms. The van der Waals surface area contributed by atoms with Gasteiger partial charge in [-0.25, -0.2) is 4.98 Å². The van der Waals surface area contributed by atoms with Gasteiger partial charge in [0.2, 0.25) is 0 Å². The summed E-state index contributed by atoms with van der Waals surface area (Å²) in [6.07, 6.45) is -5.54. The molecule has 0 unspecified atom stereocenters. The largest absolute Gasteiger partial charge is 0.394 e. The van der Waals surface area contributed by atoms with Crippen molar-refractivity contribution in [3.63, 3.8) is 0 Å². The number of aliphatic hydroxyl groups is 4. The van der Waals surface area contributed by atoms with Gasteiger partial charge in [-0.05, 0) is 18.6 Å². The van der Waals surface area contributed by atoms with Crippen molar-refractivity contribution in [2.45, 2.75) is 43.5 Å². The summed E-state index contributed by atoms with van der Waals surface area (Å²) in [7, 11) is 0. The number of rotatable bonds is 6. The van der Waals surface area contributed by atoms with Crippen molar-refractivity contribution in [1.29, 1.82) is 0 Å². The van der Waals surface area contributed by atoms with Crippen LogP contribution in [0.25, 0.3) is 10.9 Å². The summed E-state index contributed by atoms with van der Waals surface area (Å²) < 4.78 is 10.7. The number of aromatic amines is 1. The Kier molecular flexibility index (Phi) is 5.97. The second-order valence-electron chi connectivity index (χ2n) is 6.20. The van der Waals surface area contributed by atoms with Gasteiger partial charge in [-0.3, -0.25) is 4.79 Å². The highest BCUT2D eigenvalue weighted by Crippen LogP contribution is 2.22. The Morgan fingerprint density at radius 3 is 2.69 bits per heavy atom. The number of hydrogen-bond donors (Lipinski definition) is 5. The summed E-state index contributed by atoms with van der Waals surface area (Å²) in [6, 6.07) is 7.04. The fourth-order valence-corrected chi connectivity index (χ4v) is 2.90. The Labute approximate surface area is 148 Å². The first-order valence-electron chi connectivity index (χ1n) is 8.41. The van der Waals surface area contributed by atoms with Crippen molar-refractivity contribution in [3.8, 4) is 0 Å². The zero-order valence-electron chi connectivity index (χ0n) is 14.0. The highest BCUT2D eigenvalue weighted by molar-refractivity contribution is 5.77. The Hall–Kier alpha value is -1.88. The standard InChI is InChI=1S/C17H22N2O7/c20-8-11-13(21)14(22)15(23)17(26-11)25-7-3-6-12-18-10-5-2-1-4-9(10)16(24)19-12/h1-2,4-5,11,13-15,17,20-23H,3,6-8H2,(H,18,19,24)/t11-,13-,14+,15-,17-/m1/s1. The summed E-state index contributed by atoms with van der Waals surface area (Å²) in [5.74, 6) is 0.520. The maximum absolute atomic E-state index is 12.0. The van der Waals surface area contributed by atoms with Gasteiger partial charge in [-0.2, -0.15) is 0 Å². The molecule has 3 rings (SSSR count). The van der Waals surface area contributed by atoms with Crippen LogP contribution in [0.1, 0.15) is 12.2 Å². The third kappa shape index (κ3) is 3.93. The molecule has 1 saturated heterocycles. The molecule has 142 valence electrons. The molecule has 9 heteroatoms. The molecule has 0 amide bonds.